The first-order valence-corrected chi connectivity index (χ1v) is 10.2. The highest BCUT2D eigenvalue weighted by atomic mass is 31.2. The second-order valence-corrected chi connectivity index (χ2v) is 7.71. The highest BCUT2D eigenvalue weighted by molar-refractivity contribution is 7.44. The molecule has 9 heteroatoms. The minimum atomic E-state index is -2.29. The van der Waals surface area contributed by atoms with Crippen molar-refractivity contribution >= 4 is 25.0 Å². The lowest BCUT2D eigenvalue weighted by atomic mass is 10.0. The van der Waals surface area contributed by atoms with E-state index in [1.54, 1.807) is 24.3 Å². The fraction of sp³-hybridized carbons (Fsp3) is 0.263. The van der Waals surface area contributed by atoms with Crippen LogP contribution >= 0.6 is 8.38 Å². The van der Waals surface area contributed by atoms with Crippen LogP contribution in [0.25, 0.3) is 22.0 Å². The van der Waals surface area contributed by atoms with E-state index < -0.39 is 20.0 Å². The molecule has 2 heterocycles. The Balaban J connectivity index is 1.70. The van der Waals surface area contributed by atoms with Gasteiger partial charge < -0.3 is 29.5 Å². The van der Waals surface area contributed by atoms with Gasteiger partial charge in [-0.3, -0.25) is 0 Å². The number of H-pyrrole nitrogens is 1. The molecule has 0 spiro atoms. The Kier molecular flexibility index (Phi) is 5.21. The number of aliphatic hydroxyl groups excluding tert-OH is 1. The molecular weight excluding hydrogens is 389 g/mol. The molecule has 1 aliphatic rings. The zero-order chi connectivity index (χ0) is 19.8. The molecule has 4 rings (SSSR count). The second kappa shape index (κ2) is 7.64. The van der Waals surface area contributed by atoms with Crippen molar-refractivity contribution in [2.75, 3.05) is 24.3 Å². The highest BCUT2D eigenvalue weighted by Gasteiger charge is 2.22. The monoisotopic (exact) mass is 408 g/mol. The summed E-state index contributed by atoms with van der Waals surface area (Å²) in [5.74, 6) is -1.41. The Morgan fingerprint density at radius 2 is 1.96 bits per heavy atom. The van der Waals surface area contributed by atoms with Crippen LogP contribution in [-0.4, -0.2) is 45.4 Å². The van der Waals surface area contributed by atoms with Crippen LogP contribution in [0.2, 0.25) is 0 Å². The number of hydrogen-bond donors (Lipinski definition) is 4. The summed E-state index contributed by atoms with van der Waals surface area (Å²) in [7, 11) is -2.29. The maximum atomic E-state index is 15.2. The number of benzene rings is 2. The van der Waals surface area contributed by atoms with Crippen LogP contribution in [0.1, 0.15) is 6.42 Å². The number of nitrogens with one attached hydrogen (secondary N) is 1. The van der Waals surface area contributed by atoms with E-state index in [9.17, 15) is 9.50 Å². The molecule has 28 heavy (non-hydrogen) atoms. The molecule has 1 saturated heterocycles. The number of aliphatic hydroxyl groups is 1. The van der Waals surface area contributed by atoms with Crippen molar-refractivity contribution < 1.29 is 28.4 Å². The van der Waals surface area contributed by atoms with Gasteiger partial charge in [0.1, 0.15) is 17.4 Å². The van der Waals surface area contributed by atoms with Gasteiger partial charge in [-0.05, 0) is 30.2 Å². The number of fused-ring (bicyclic) bond motifs is 1. The summed E-state index contributed by atoms with van der Waals surface area (Å²) in [6.07, 6.45) is 1.33. The van der Waals surface area contributed by atoms with Crippen LogP contribution in [0.4, 0.5) is 14.5 Å². The summed E-state index contributed by atoms with van der Waals surface area (Å²) in [6, 6.07) is 8.01. The van der Waals surface area contributed by atoms with Gasteiger partial charge in [0.15, 0.2) is 6.35 Å². The Bertz CT molecular complexity index is 994. The quantitative estimate of drug-likeness (QED) is 0.487. The Morgan fingerprint density at radius 1 is 1.21 bits per heavy atom. The molecule has 0 aliphatic carbocycles. The lowest BCUT2D eigenvalue weighted by molar-refractivity contribution is 0.198. The lowest BCUT2D eigenvalue weighted by Gasteiger charge is -2.18. The van der Waals surface area contributed by atoms with E-state index in [4.69, 9.17) is 14.5 Å². The lowest BCUT2D eigenvalue weighted by Crippen LogP contribution is -2.20. The molecule has 1 aliphatic heterocycles. The first-order chi connectivity index (χ1) is 13.4. The number of nitrogens with zero attached hydrogens (tertiary/aromatic N) is 1. The smallest absolute Gasteiger partial charge is 0.205 e. The first-order valence-electron chi connectivity index (χ1n) is 8.74. The Morgan fingerprint density at radius 3 is 2.61 bits per heavy atom. The first kappa shape index (κ1) is 19.1. The van der Waals surface area contributed by atoms with E-state index >= 15 is 4.39 Å². The number of ether oxygens (including phenoxy) is 1. The number of hydrogen-bond acceptors (Lipinski definition) is 5. The summed E-state index contributed by atoms with van der Waals surface area (Å²) < 4.78 is 35.0. The molecule has 1 unspecified atom stereocenters. The third kappa shape index (κ3) is 3.56. The van der Waals surface area contributed by atoms with Gasteiger partial charge >= 0.3 is 0 Å². The van der Waals surface area contributed by atoms with Crippen molar-refractivity contribution in [1.82, 2.24) is 4.98 Å². The van der Waals surface area contributed by atoms with Gasteiger partial charge in [-0.25, -0.2) is 8.78 Å². The predicted molar refractivity (Wildman–Crippen MR) is 103 cm³/mol. The van der Waals surface area contributed by atoms with Crippen molar-refractivity contribution in [2.45, 2.75) is 12.5 Å². The Hall–Kier alpha value is -2.25. The van der Waals surface area contributed by atoms with E-state index in [1.807, 2.05) is 4.90 Å². The molecule has 6 nitrogen and oxygen atoms in total. The Labute approximate surface area is 160 Å². The second-order valence-electron chi connectivity index (χ2n) is 6.70. The van der Waals surface area contributed by atoms with Crippen LogP contribution in [-0.2, 0) is 0 Å². The number of aromatic nitrogens is 1. The van der Waals surface area contributed by atoms with Crippen molar-refractivity contribution in [3.8, 4) is 16.9 Å². The van der Waals surface area contributed by atoms with Crippen molar-refractivity contribution in [1.29, 1.82) is 0 Å². The molecule has 0 bridgehead atoms. The van der Waals surface area contributed by atoms with Crippen molar-refractivity contribution in [2.24, 2.45) is 0 Å². The molecule has 1 aromatic heterocycles. The van der Waals surface area contributed by atoms with Gasteiger partial charge in [-0.2, -0.15) is 0 Å². The zero-order valence-corrected chi connectivity index (χ0v) is 15.7. The predicted octanol–water partition coefficient (Wildman–Crippen LogP) is 3.32. The summed E-state index contributed by atoms with van der Waals surface area (Å²) in [6.45, 7) is 1.27. The number of rotatable bonds is 5. The van der Waals surface area contributed by atoms with Crippen LogP contribution in [0.5, 0.6) is 5.75 Å². The van der Waals surface area contributed by atoms with Gasteiger partial charge in [0.2, 0.25) is 8.38 Å². The number of aromatic amines is 1. The summed E-state index contributed by atoms with van der Waals surface area (Å²) in [5.41, 5.74) is 1.29. The van der Waals surface area contributed by atoms with Crippen LogP contribution in [0, 0.1) is 11.6 Å². The van der Waals surface area contributed by atoms with Crippen LogP contribution in [0.15, 0.2) is 36.5 Å². The van der Waals surface area contributed by atoms with E-state index in [1.165, 1.54) is 12.3 Å². The minimum absolute atomic E-state index is 0.0555. The average molecular weight is 408 g/mol. The normalized spacial score (nSPS) is 17.1. The summed E-state index contributed by atoms with van der Waals surface area (Å²) in [4.78, 5) is 22.8. The molecule has 148 valence electrons. The fourth-order valence-electron chi connectivity index (χ4n) is 3.51. The van der Waals surface area contributed by atoms with E-state index in [-0.39, 0.29) is 34.7 Å². The molecule has 0 radical (unpaired) electrons. The molecule has 1 fully saturated rings. The molecule has 4 N–H and O–H groups in total. The van der Waals surface area contributed by atoms with Gasteiger partial charge in [-0.15, -0.1) is 0 Å². The largest absolute Gasteiger partial charge is 0.482 e. The van der Waals surface area contributed by atoms with Crippen LogP contribution in [0.3, 0.4) is 0 Å². The number of halogens is 2. The van der Waals surface area contributed by atoms with E-state index in [2.05, 4.69) is 4.98 Å². The maximum absolute atomic E-state index is 15.2. The number of β-amino-alcohol motifs (C(OH)–C–C–N with tert-alkyl or cyclic N) is 1. The minimum Gasteiger partial charge on any atom is -0.482 e. The third-order valence-electron chi connectivity index (χ3n) is 4.84. The van der Waals surface area contributed by atoms with Gasteiger partial charge in [-0.1, -0.05) is 12.1 Å². The fourth-order valence-corrected chi connectivity index (χ4v) is 3.76. The van der Waals surface area contributed by atoms with Gasteiger partial charge in [0, 0.05) is 25.0 Å². The van der Waals surface area contributed by atoms with Crippen molar-refractivity contribution in [3.63, 3.8) is 0 Å². The number of anilines is 1. The SMILES string of the molecule is OC1CCN(c2ccc(-c3c(F)cc4[nH]cc(OCP(O)O)c4c3F)cc2)C1. The van der Waals surface area contributed by atoms with Crippen molar-refractivity contribution in [3.05, 3.63) is 48.2 Å². The zero-order valence-electron chi connectivity index (χ0n) is 14.8. The summed E-state index contributed by atoms with van der Waals surface area (Å²) >= 11 is 0. The average Bonchev–Trinajstić information content (AvgIpc) is 3.27. The van der Waals surface area contributed by atoms with Gasteiger partial charge in [0.05, 0.1) is 22.6 Å². The highest BCUT2D eigenvalue weighted by Crippen LogP contribution is 2.38. The standard InChI is InChI=1S/C19H19F2N2O4P/c20-14-7-15-18(16(8-22-15)27-10-28(25)26)19(21)17(14)11-1-3-12(4-2-11)23-6-5-13(24)9-23/h1-4,7-8,13,22,24-26H,5-6,9-10H2. The molecule has 1 atom stereocenters. The molecule has 0 saturated carbocycles. The third-order valence-corrected chi connectivity index (χ3v) is 5.20. The summed E-state index contributed by atoms with van der Waals surface area (Å²) in [5, 5.41) is 9.72. The van der Waals surface area contributed by atoms with Crippen LogP contribution < -0.4 is 9.64 Å². The van der Waals surface area contributed by atoms with E-state index in [0.717, 1.165) is 12.2 Å². The molecular formula is C19H19F2N2O4P. The maximum Gasteiger partial charge on any atom is 0.205 e. The molecule has 3 aromatic rings. The molecule has 2 aromatic carbocycles. The topological polar surface area (TPSA) is 89.0 Å². The van der Waals surface area contributed by atoms with Gasteiger partial charge in [0.25, 0.3) is 0 Å². The molecule has 0 amide bonds. The van der Waals surface area contributed by atoms with E-state index in [0.29, 0.717) is 18.5 Å².